The van der Waals surface area contributed by atoms with E-state index in [0.29, 0.717) is 28.1 Å². The first-order valence-electron chi connectivity index (χ1n) is 7.12. The van der Waals surface area contributed by atoms with E-state index in [-0.39, 0.29) is 5.91 Å². The van der Waals surface area contributed by atoms with Gasteiger partial charge >= 0.3 is 0 Å². The van der Waals surface area contributed by atoms with Crippen molar-refractivity contribution in [3.8, 4) is 11.4 Å². The maximum absolute atomic E-state index is 12.1. The Hall–Kier alpha value is -2.40. The Morgan fingerprint density at radius 1 is 1.23 bits per heavy atom. The lowest BCUT2D eigenvalue weighted by Gasteiger charge is -2.04. The van der Waals surface area contributed by atoms with Crippen LogP contribution in [-0.2, 0) is 0 Å². The van der Waals surface area contributed by atoms with Crippen molar-refractivity contribution in [3.05, 3.63) is 53.2 Å². The summed E-state index contributed by atoms with van der Waals surface area (Å²) in [6.45, 7) is 0. The maximum Gasteiger partial charge on any atom is 0.251 e. The first kappa shape index (κ1) is 13.3. The lowest BCUT2D eigenvalue weighted by Crippen LogP contribution is -2.25. The molecule has 1 aliphatic carbocycles. The minimum absolute atomic E-state index is 0.0581. The topological polar surface area (TPSA) is 59.3 Å². The summed E-state index contributed by atoms with van der Waals surface area (Å²) in [4.78, 5) is 12.1. The molecule has 6 heteroatoms. The van der Waals surface area contributed by atoms with Crippen LogP contribution in [0.1, 0.15) is 23.2 Å². The molecule has 0 unspecified atom stereocenters. The van der Waals surface area contributed by atoms with Crippen LogP contribution in [0.4, 0.5) is 0 Å². The molecule has 22 heavy (non-hydrogen) atoms. The summed E-state index contributed by atoms with van der Waals surface area (Å²) in [6, 6.07) is 11.3. The fourth-order valence-corrected chi connectivity index (χ4v) is 2.54. The lowest BCUT2D eigenvalue weighted by atomic mass is 10.2. The highest BCUT2D eigenvalue weighted by Crippen LogP contribution is 2.23. The van der Waals surface area contributed by atoms with Gasteiger partial charge in [0.05, 0.1) is 0 Å². The monoisotopic (exact) mass is 312 g/mol. The van der Waals surface area contributed by atoms with Crippen LogP contribution in [0.15, 0.2) is 42.6 Å². The van der Waals surface area contributed by atoms with E-state index in [1.165, 1.54) is 0 Å². The average Bonchev–Trinajstić information content (AvgIpc) is 3.23. The Balaban J connectivity index is 1.72. The number of hydrogen-bond acceptors (Lipinski definition) is 3. The number of nitrogens with zero attached hydrogens (tertiary/aromatic N) is 3. The van der Waals surface area contributed by atoms with E-state index >= 15 is 0 Å². The number of fused-ring (bicyclic) bond motifs is 1. The van der Waals surface area contributed by atoms with Crippen LogP contribution in [0.2, 0.25) is 5.02 Å². The van der Waals surface area contributed by atoms with Gasteiger partial charge in [-0.05, 0) is 37.1 Å². The van der Waals surface area contributed by atoms with Gasteiger partial charge in [0.25, 0.3) is 5.91 Å². The zero-order valence-electron chi connectivity index (χ0n) is 11.7. The molecule has 5 nitrogen and oxygen atoms in total. The molecule has 0 radical (unpaired) electrons. The van der Waals surface area contributed by atoms with E-state index < -0.39 is 0 Å². The highest BCUT2D eigenvalue weighted by atomic mass is 35.5. The molecule has 1 saturated carbocycles. The molecule has 0 aliphatic heterocycles. The third-order valence-electron chi connectivity index (χ3n) is 3.67. The van der Waals surface area contributed by atoms with Gasteiger partial charge in [0.1, 0.15) is 0 Å². The van der Waals surface area contributed by atoms with Crippen LogP contribution >= 0.6 is 11.6 Å². The standard InChI is InChI=1S/C16H13ClN4O/c17-12-3-1-2-10(8-12)15-20-19-14-9-11(6-7-21(14)15)16(22)18-13-4-5-13/h1-3,6-9,13H,4-5H2,(H,18,22). The minimum Gasteiger partial charge on any atom is -0.349 e. The largest absolute Gasteiger partial charge is 0.349 e. The normalized spacial score (nSPS) is 14.2. The molecule has 1 aliphatic rings. The summed E-state index contributed by atoms with van der Waals surface area (Å²) in [6.07, 6.45) is 3.95. The second-order valence-electron chi connectivity index (χ2n) is 5.43. The van der Waals surface area contributed by atoms with Gasteiger partial charge in [0, 0.05) is 28.4 Å². The summed E-state index contributed by atoms with van der Waals surface area (Å²) >= 11 is 6.02. The Bertz CT molecular complexity index is 869. The predicted octanol–water partition coefficient (Wildman–Crippen LogP) is 2.94. The number of amides is 1. The summed E-state index contributed by atoms with van der Waals surface area (Å²) < 4.78 is 1.85. The molecule has 1 fully saturated rings. The van der Waals surface area contributed by atoms with Gasteiger partial charge in [-0.3, -0.25) is 9.20 Å². The van der Waals surface area contributed by atoms with E-state index in [9.17, 15) is 4.79 Å². The van der Waals surface area contributed by atoms with E-state index in [1.54, 1.807) is 12.1 Å². The number of aromatic nitrogens is 3. The number of hydrogen-bond donors (Lipinski definition) is 1. The zero-order valence-corrected chi connectivity index (χ0v) is 12.4. The molecule has 0 spiro atoms. The van der Waals surface area contributed by atoms with Crippen molar-refractivity contribution in [2.75, 3.05) is 0 Å². The van der Waals surface area contributed by atoms with Crippen molar-refractivity contribution in [2.45, 2.75) is 18.9 Å². The van der Waals surface area contributed by atoms with Gasteiger partial charge in [0.2, 0.25) is 0 Å². The van der Waals surface area contributed by atoms with Crippen molar-refractivity contribution in [3.63, 3.8) is 0 Å². The van der Waals surface area contributed by atoms with Crippen LogP contribution in [-0.4, -0.2) is 26.5 Å². The first-order valence-corrected chi connectivity index (χ1v) is 7.50. The van der Waals surface area contributed by atoms with Gasteiger partial charge in [-0.25, -0.2) is 0 Å². The number of pyridine rings is 1. The summed E-state index contributed by atoms with van der Waals surface area (Å²) in [5.74, 6) is 0.643. The SMILES string of the molecule is O=C(NC1CC1)c1ccn2c(-c3cccc(Cl)c3)nnc2c1. The van der Waals surface area contributed by atoms with E-state index in [0.717, 1.165) is 18.4 Å². The van der Waals surface area contributed by atoms with Crippen molar-refractivity contribution in [1.82, 2.24) is 19.9 Å². The molecule has 3 aromatic rings. The summed E-state index contributed by atoms with van der Waals surface area (Å²) in [7, 11) is 0. The second-order valence-corrected chi connectivity index (χ2v) is 5.86. The fourth-order valence-electron chi connectivity index (χ4n) is 2.35. The quantitative estimate of drug-likeness (QED) is 0.809. The number of rotatable bonds is 3. The van der Waals surface area contributed by atoms with Crippen LogP contribution in [0.3, 0.4) is 0 Å². The maximum atomic E-state index is 12.1. The Labute approximate surface area is 131 Å². The van der Waals surface area contributed by atoms with Gasteiger partial charge < -0.3 is 5.32 Å². The van der Waals surface area contributed by atoms with Crippen LogP contribution in [0.5, 0.6) is 0 Å². The third-order valence-corrected chi connectivity index (χ3v) is 3.90. The molecule has 0 saturated heterocycles. The van der Waals surface area contributed by atoms with Crippen LogP contribution in [0, 0.1) is 0 Å². The van der Waals surface area contributed by atoms with Crippen molar-refractivity contribution in [1.29, 1.82) is 0 Å². The number of benzene rings is 1. The van der Waals surface area contributed by atoms with Gasteiger partial charge in [-0.1, -0.05) is 23.7 Å². The second kappa shape index (κ2) is 5.10. The van der Waals surface area contributed by atoms with Crippen LogP contribution in [0.25, 0.3) is 17.0 Å². The molecule has 0 atom stereocenters. The Morgan fingerprint density at radius 2 is 2.09 bits per heavy atom. The molecule has 110 valence electrons. The van der Waals surface area contributed by atoms with Gasteiger partial charge in [0.15, 0.2) is 11.5 Å². The smallest absolute Gasteiger partial charge is 0.251 e. The average molecular weight is 313 g/mol. The summed E-state index contributed by atoms with van der Waals surface area (Å²) in [5.41, 5.74) is 2.12. The molecular formula is C16H13ClN4O. The van der Waals surface area contributed by atoms with Crippen LogP contribution < -0.4 is 5.32 Å². The van der Waals surface area contributed by atoms with E-state index in [1.807, 2.05) is 34.9 Å². The molecule has 2 heterocycles. The highest BCUT2D eigenvalue weighted by Gasteiger charge is 2.24. The van der Waals surface area contributed by atoms with Gasteiger partial charge in [-0.2, -0.15) is 0 Å². The molecule has 4 rings (SSSR count). The highest BCUT2D eigenvalue weighted by molar-refractivity contribution is 6.30. The molecule has 0 bridgehead atoms. The number of carbonyl (C=O) groups is 1. The zero-order chi connectivity index (χ0) is 15.1. The Kier molecular flexibility index (Phi) is 3.08. The van der Waals surface area contributed by atoms with Crippen molar-refractivity contribution < 1.29 is 4.79 Å². The van der Waals surface area contributed by atoms with E-state index in [4.69, 9.17) is 11.6 Å². The number of halogens is 1. The first-order chi connectivity index (χ1) is 10.7. The fraction of sp³-hybridized carbons (Fsp3) is 0.188. The molecule has 1 N–H and O–H groups in total. The molecule has 1 amide bonds. The number of carbonyl (C=O) groups excluding carboxylic acids is 1. The molecule has 1 aromatic carbocycles. The summed E-state index contributed by atoms with van der Waals surface area (Å²) in [5, 5.41) is 12.0. The Morgan fingerprint density at radius 3 is 2.86 bits per heavy atom. The predicted molar refractivity (Wildman–Crippen MR) is 83.9 cm³/mol. The van der Waals surface area contributed by atoms with Crippen molar-refractivity contribution >= 4 is 23.2 Å². The minimum atomic E-state index is -0.0581. The van der Waals surface area contributed by atoms with Crippen molar-refractivity contribution in [2.24, 2.45) is 0 Å². The van der Waals surface area contributed by atoms with E-state index in [2.05, 4.69) is 15.5 Å². The lowest BCUT2D eigenvalue weighted by molar-refractivity contribution is 0.0951. The molecule has 2 aromatic heterocycles. The third kappa shape index (κ3) is 2.44. The number of nitrogens with one attached hydrogen (secondary N) is 1. The van der Waals surface area contributed by atoms with Gasteiger partial charge in [-0.15, -0.1) is 10.2 Å². The molecular weight excluding hydrogens is 300 g/mol.